The van der Waals surface area contributed by atoms with Crippen LogP contribution in [0.15, 0.2) is 71.1 Å². The van der Waals surface area contributed by atoms with Gasteiger partial charge in [-0.3, -0.25) is 9.82 Å². The molecule has 0 aliphatic heterocycles. The van der Waals surface area contributed by atoms with Gasteiger partial charge in [0, 0.05) is 42.5 Å². The molecule has 0 aliphatic carbocycles. The fourth-order valence-corrected chi connectivity index (χ4v) is 4.86. The molecule has 0 saturated heterocycles. The van der Waals surface area contributed by atoms with Crippen molar-refractivity contribution in [2.45, 2.75) is 17.5 Å². The summed E-state index contributed by atoms with van der Waals surface area (Å²) in [4.78, 5) is 5.78. The first kappa shape index (κ1) is 22.8. The van der Waals surface area contributed by atoms with Crippen LogP contribution in [0.25, 0.3) is 0 Å². The van der Waals surface area contributed by atoms with Crippen molar-refractivity contribution in [2.75, 3.05) is 16.7 Å². The number of hydrogen-bond donors (Lipinski definition) is 2. The molecule has 0 aliphatic rings. The lowest BCUT2D eigenvalue weighted by Crippen LogP contribution is -2.14. The Bertz CT molecular complexity index is 1320. The molecule has 0 spiro atoms. The molecular weight excluding hydrogens is 475 g/mol. The number of rotatable bonds is 7. The highest BCUT2D eigenvalue weighted by Gasteiger charge is 2.29. The summed E-state index contributed by atoms with van der Waals surface area (Å²) in [5.74, 6) is 0.577. The van der Waals surface area contributed by atoms with Crippen LogP contribution in [0.2, 0.25) is 0 Å². The number of thiazole rings is 1. The van der Waals surface area contributed by atoms with E-state index in [1.807, 2.05) is 0 Å². The van der Waals surface area contributed by atoms with Gasteiger partial charge in [-0.05, 0) is 42.0 Å². The van der Waals surface area contributed by atoms with Crippen molar-refractivity contribution in [2.24, 2.45) is 0 Å². The number of hydrogen-bond acceptors (Lipinski definition) is 6. The summed E-state index contributed by atoms with van der Waals surface area (Å²) < 4.78 is 65.5. The van der Waals surface area contributed by atoms with E-state index in [1.54, 1.807) is 35.5 Å². The molecule has 7 nitrogen and oxygen atoms in total. The predicted octanol–water partition coefficient (Wildman–Crippen LogP) is 5.04. The molecule has 4 rings (SSSR count). The van der Waals surface area contributed by atoms with Crippen LogP contribution in [-0.4, -0.2) is 30.6 Å². The number of halogens is 3. The second kappa shape index (κ2) is 8.87. The second-order valence-electron chi connectivity index (χ2n) is 7.12. The lowest BCUT2D eigenvalue weighted by atomic mass is 10.1. The third-order valence-electron chi connectivity index (χ3n) is 4.83. The summed E-state index contributed by atoms with van der Waals surface area (Å²) in [5, 5.41) is 9.09. The molecule has 0 saturated carbocycles. The number of alkyl halides is 3. The Morgan fingerprint density at radius 2 is 1.79 bits per heavy atom. The summed E-state index contributed by atoms with van der Waals surface area (Å²) in [5.41, 5.74) is 1.45. The summed E-state index contributed by atoms with van der Waals surface area (Å²) in [7, 11) is -1.97. The van der Waals surface area contributed by atoms with Gasteiger partial charge in [0.1, 0.15) is 0 Å². The fourth-order valence-electron chi connectivity index (χ4n) is 3.07. The van der Waals surface area contributed by atoms with Gasteiger partial charge in [-0.1, -0.05) is 12.1 Å². The summed E-state index contributed by atoms with van der Waals surface area (Å²) >= 11 is 1.18. The first-order valence-electron chi connectivity index (χ1n) is 9.58. The molecule has 2 N–H and O–H groups in total. The minimum absolute atomic E-state index is 0.0971. The molecule has 12 heteroatoms. The lowest BCUT2D eigenvalue weighted by molar-refractivity contribution is -0.137. The van der Waals surface area contributed by atoms with E-state index in [2.05, 4.69) is 19.9 Å². The van der Waals surface area contributed by atoms with Crippen LogP contribution in [0.4, 0.5) is 29.8 Å². The highest BCUT2D eigenvalue weighted by Crippen LogP contribution is 2.30. The van der Waals surface area contributed by atoms with Gasteiger partial charge in [-0.25, -0.2) is 13.4 Å². The van der Waals surface area contributed by atoms with Crippen LogP contribution in [0.5, 0.6) is 0 Å². The van der Waals surface area contributed by atoms with Crippen LogP contribution in [0, 0.1) is 0 Å². The number of nitrogens with one attached hydrogen (secondary N) is 2. The van der Waals surface area contributed by atoms with Gasteiger partial charge >= 0.3 is 6.18 Å². The monoisotopic (exact) mass is 493 g/mol. The van der Waals surface area contributed by atoms with Crippen LogP contribution >= 0.6 is 11.3 Å². The van der Waals surface area contributed by atoms with E-state index in [0.29, 0.717) is 23.5 Å². The maximum atomic E-state index is 12.7. The quantitative estimate of drug-likeness (QED) is 0.376. The Kier molecular flexibility index (Phi) is 6.13. The summed E-state index contributed by atoms with van der Waals surface area (Å²) in [6, 6.07) is 13.0. The maximum Gasteiger partial charge on any atom is 0.416 e. The van der Waals surface area contributed by atoms with E-state index < -0.39 is 21.8 Å². The number of anilines is 3. The zero-order chi connectivity index (χ0) is 23.6. The molecule has 0 atom stereocenters. The molecule has 0 unspecified atom stereocenters. The Morgan fingerprint density at radius 1 is 1.09 bits per heavy atom. The van der Waals surface area contributed by atoms with Gasteiger partial charge in [-0.15, -0.1) is 11.3 Å². The normalized spacial score (nSPS) is 12.0. The Hall–Kier alpha value is -3.38. The standard InChI is InChI=1S/C21H18F3N5O2S2/c1-29(17-6-8-18(9-7-17)33(30,31)28-20-25-10-11-32-20)19-13-16(26-27-19)12-14-2-4-15(5-3-14)21(22,23)24/h2-11,13H,12H2,1H3,(H,25,28)(H,26,27). The van der Waals surface area contributed by atoms with E-state index in [4.69, 9.17) is 0 Å². The van der Waals surface area contributed by atoms with Crippen LogP contribution in [0.3, 0.4) is 0 Å². The van der Waals surface area contributed by atoms with E-state index in [9.17, 15) is 21.6 Å². The van der Waals surface area contributed by atoms with E-state index in [0.717, 1.165) is 17.8 Å². The number of aromatic amines is 1. The third kappa shape index (κ3) is 5.34. The lowest BCUT2D eigenvalue weighted by Gasteiger charge is -2.16. The second-order valence-corrected chi connectivity index (χ2v) is 9.70. The molecule has 2 heterocycles. The van der Waals surface area contributed by atoms with Crippen molar-refractivity contribution in [1.29, 1.82) is 0 Å². The van der Waals surface area contributed by atoms with E-state index in [1.165, 1.54) is 41.8 Å². The number of nitrogens with zero attached hydrogens (tertiary/aromatic N) is 3. The first-order valence-corrected chi connectivity index (χ1v) is 11.9. The van der Waals surface area contributed by atoms with Gasteiger partial charge in [0.2, 0.25) is 0 Å². The Labute approximate surface area is 192 Å². The largest absolute Gasteiger partial charge is 0.416 e. The van der Waals surface area contributed by atoms with Gasteiger partial charge in [0.15, 0.2) is 10.9 Å². The first-order chi connectivity index (χ1) is 15.6. The number of aromatic nitrogens is 3. The molecule has 2 aromatic carbocycles. The SMILES string of the molecule is CN(c1ccc(S(=O)(=O)Nc2nccs2)cc1)c1cc(Cc2ccc(C(F)(F)F)cc2)[nH]n1. The van der Waals surface area contributed by atoms with Gasteiger partial charge < -0.3 is 4.90 Å². The van der Waals surface area contributed by atoms with Crippen molar-refractivity contribution >= 4 is 38.0 Å². The summed E-state index contributed by atoms with van der Waals surface area (Å²) in [6.45, 7) is 0. The molecule has 172 valence electrons. The maximum absolute atomic E-state index is 12.7. The molecule has 0 fully saturated rings. The smallest absolute Gasteiger partial charge is 0.328 e. The van der Waals surface area contributed by atoms with Crippen LogP contribution in [-0.2, 0) is 22.6 Å². The molecule has 33 heavy (non-hydrogen) atoms. The van der Waals surface area contributed by atoms with Gasteiger partial charge in [0.25, 0.3) is 10.0 Å². The highest BCUT2D eigenvalue weighted by molar-refractivity contribution is 7.93. The Balaban J connectivity index is 1.44. The van der Waals surface area contributed by atoms with Crippen molar-refractivity contribution in [3.63, 3.8) is 0 Å². The van der Waals surface area contributed by atoms with Crippen molar-refractivity contribution < 1.29 is 21.6 Å². The molecule has 2 aromatic heterocycles. The zero-order valence-electron chi connectivity index (χ0n) is 17.2. The fraction of sp³-hybridized carbons (Fsp3) is 0.143. The minimum atomic E-state index is -4.37. The third-order valence-corrected chi connectivity index (χ3v) is 7.00. The van der Waals surface area contributed by atoms with E-state index in [-0.39, 0.29) is 10.0 Å². The van der Waals surface area contributed by atoms with Crippen LogP contribution in [0.1, 0.15) is 16.8 Å². The number of H-pyrrole nitrogens is 1. The van der Waals surface area contributed by atoms with Gasteiger partial charge in [0.05, 0.1) is 10.5 Å². The number of sulfonamides is 1. The topological polar surface area (TPSA) is 91.0 Å². The molecule has 0 bridgehead atoms. The molecular formula is C21H18F3N5O2S2. The zero-order valence-corrected chi connectivity index (χ0v) is 18.8. The molecule has 4 aromatic rings. The average molecular weight is 494 g/mol. The number of benzene rings is 2. The van der Waals surface area contributed by atoms with Gasteiger partial charge in [-0.2, -0.15) is 18.3 Å². The van der Waals surface area contributed by atoms with Crippen molar-refractivity contribution in [3.8, 4) is 0 Å². The van der Waals surface area contributed by atoms with E-state index >= 15 is 0 Å². The Morgan fingerprint density at radius 3 is 2.39 bits per heavy atom. The summed E-state index contributed by atoms with van der Waals surface area (Å²) in [6.07, 6.45) is -2.47. The predicted molar refractivity (Wildman–Crippen MR) is 120 cm³/mol. The highest BCUT2D eigenvalue weighted by atomic mass is 32.2. The minimum Gasteiger partial charge on any atom is -0.328 e. The molecule has 0 amide bonds. The molecule has 0 radical (unpaired) electrons. The van der Waals surface area contributed by atoms with Crippen LogP contribution < -0.4 is 9.62 Å². The van der Waals surface area contributed by atoms with Crippen molar-refractivity contribution in [3.05, 3.63) is 83.0 Å². The van der Waals surface area contributed by atoms with Crippen molar-refractivity contribution in [1.82, 2.24) is 15.2 Å². The average Bonchev–Trinajstić information content (AvgIpc) is 3.45.